The van der Waals surface area contributed by atoms with Crippen LogP contribution in [-0.2, 0) is 4.79 Å². The SMILES string of the molecule is O=C(NNC(=O)C12CC3CC(CC(C3)C1)C2)c1ccc(-n2nncc2-c2ccc(Br)cc2)cc1. The third-order valence-corrected chi connectivity index (χ3v) is 8.40. The van der Waals surface area contributed by atoms with Crippen molar-refractivity contribution in [3.63, 3.8) is 0 Å². The van der Waals surface area contributed by atoms with E-state index in [2.05, 4.69) is 37.1 Å². The number of carbonyl (C=O) groups is 2. The van der Waals surface area contributed by atoms with Gasteiger partial charge in [0.05, 0.1) is 23.0 Å². The molecule has 2 amide bonds. The maximum Gasteiger partial charge on any atom is 0.269 e. The predicted molar refractivity (Wildman–Crippen MR) is 131 cm³/mol. The van der Waals surface area contributed by atoms with Crippen LogP contribution in [0, 0.1) is 23.2 Å². The molecule has 2 N–H and O–H groups in total. The van der Waals surface area contributed by atoms with Crippen LogP contribution < -0.4 is 10.9 Å². The summed E-state index contributed by atoms with van der Waals surface area (Å²) in [5, 5.41) is 8.26. The van der Waals surface area contributed by atoms with Crippen molar-refractivity contribution in [3.8, 4) is 16.9 Å². The summed E-state index contributed by atoms with van der Waals surface area (Å²) >= 11 is 3.45. The molecule has 4 fully saturated rings. The van der Waals surface area contributed by atoms with E-state index in [1.165, 1.54) is 19.3 Å². The fourth-order valence-electron chi connectivity index (χ4n) is 6.70. The lowest BCUT2D eigenvalue weighted by atomic mass is 9.49. The number of halogens is 1. The minimum Gasteiger partial charge on any atom is -0.273 e. The average molecular weight is 520 g/mol. The highest BCUT2D eigenvalue weighted by Crippen LogP contribution is 2.60. The van der Waals surface area contributed by atoms with E-state index in [1.807, 2.05) is 36.4 Å². The number of amides is 2. The number of hydrazine groups is 1. The summed E-state index contributed by atoms with van der Waals surface area (Å²) in [5.41, 5.74) is 8.21. The van der Waals surface area contributed by atoms with Gasteiger partial charge in [-0.05, 0) is 92.7 Å². The van der Waals surface area contributed by atoms with E-state index >= 15 is 0 Å². The Kier molecular flexibility index (Phi) is 5.28. The molecular weight excluding hydrogens is 494 g/mol. The summed E-state index contributed by atoms with van der Waals surface area (Å²) in [6.45, 7) is 0. The van der Waals surface area contributed by atoms with E-state index in [0.29, 0.717) is 23.3 Å². The molecule has 0 saturated heterocycles. The van der Waals surface area contributed by atoms with Gasteiger partial charge in [0.2, 0.25) is 5.91 Å². The van der Waals surface area contributed by atoms with E-state index in [-0.39, 0.29) is 17.2 Å². The first kappa shape index (κ1) is 21.5. The lowest BCUT2D eigenvalue weighted by molar-refractivity contribution is -0.147. The van der Waals surface area contributed by atoms with Crippen LogP contribution >= 0.6 is 15.9 Å². The van der Waals surface area contributed by atoms with Crippen molar-refractivity contribution in [2.24, 2.45) is 23.2 Å². The largest absolute Gasteiger partial charge is 0.273 e. The Labute approximate surface area is 206 Å². The average Bonchev–Trinajstić information content (AvgIpc) is 3.32. The van der Waals surface area contributed by atoms with E-state index in [0.717, 1.165) is 40.7 Å². The Hall–Kier alpha value is -3.00. The molecule has 0 unspecified atom stereocenters. The van der Waals surface area contributed by atoms with Crippen LogP contribution in [-0.4, -0.2) is 26.8 Å². The van der Waals surface area contributed by atoms with Crippen LogP contribution in [0.15, 0.2) is 59.2 Å². The number of rotatable bonds is 4. The number of nitrogens with zero attached hydrogens (tertiary/aromatic N) is 3. The molecular formula is C26H26BrN5O2. The number of nitrogens with one attached hydrogen (secondary N) is 2. The van der Waals surface area contributed by atoms with Crippen molar-refractivity contribution >= 4 is 27.7 Å². The molecule has 34 heavy (non-hydrogen) atoms. The predicted octanol–water partition coefficient (Wildman–Crippen LogP) is 4.67. The Morgan fingerprint density at radius 3 is 2.12 bits per heavy atom. The molecule has 0 spiro atoms. The molecule has 1 heterocycles. The zero-order chi connectivity index (χ0) is 23.3. The summed E-state index contributed by atoms with van der Waals surface area (Å²) in [4.78, 5) is 25.8. The first-order valence-corrected chi connectivity index (χ1v) is 12.7. The molecule has 0 atom stereocenters. The van der Waals surface area contributed by atoms with Gasteiger partial charge < -0.3 is 0 Å². The Morgan fingerprint density at radius 1 is 0.882 bits per heavy atom. The maximum atomic E-state index is 13.1. The standard InChI is InChI=1S/C26H26BrN5O2/c27-21-5-1-19(2-6-21)23-15-28-31-32(23)22-7-3-20(4-8-22)24(33)29-30-25(34)26-12-16-9-17(13-26)11-18(10-16)14-26/h1-8,15-18H,9-14H2,(H,29,33)(H,30,34). The van der Waals surface area contributed by atoms with Gasteiger partial charge in [0, 0.05) is 15.6 Å². The highest BCUT2D eigenvalue weighted by Gasteiger charge is 2.54. The second-order valence-electron chi connectivity index (χ2n) is 10.2. The topological polar surface area (TPSA) is 88.9 Å². The molecule has 174 valence electrons. The molecule has 4 bridgehead atoms. The fraction of sp³-hybridized carbons (Fsp3) is 0.385. The first-order chi connectivity index (χ1) is 16.5. The van der Waals surface area contributed by atoms with Crippen LogP contribution in [0.25, 0.3) is 16.9 Å². The molecule has 2 aromatic carbocycles. The molecule has 0 aliphatic heterocycles. The highest BCUT2D eigenvalue weighted by molar-refractivity contribution is 9.10. The number of hydrogen-bond donors (Lipinski definition) is 2. The van der Waals surface area contributed by atoms with Gasteiger partial charge in [-0.1, -0.05) is 33.3 Å². The Balaban J connectivity index is 1.12. The van der Waals surface area contributed by atoms with Crippen molar-refractivity contribution in [1.82, 2.24) is 25.8 Å². The summed E-state index contributed by atoms with van der Waals surface area (Å²) in [6.07, 6.45) is 8.45. The second-order valence-corrected chi connectivity index (χ2v) is 11.1. The first-order valence-electron chi connectivity index (χ1n) is 11.9. The van der Waals surface area contributed by atoms with E-state index in [1.54, 1.807) is 23.0 Å². The van der Waals surface area contributed by atoms with Crippen molar-refractivity contribution < 1.29 is 9.59 Å². The summed E-state index contributed by atoms with van der Waals surface area (Å²) < 4.78 is 2.74. The number of aromatic nitrogens is 3. The number of hydrogen-bond acceptors (Lipinski definition) is 4. The molecule has 1 aromatic heterocycles. The number of carbonyl (C=O) groups excluding carboxylic acids is 2. The summed E-state index contributed by atoms with van der Waals surface area (Å²) in [6, 6.07) is 15.0. The van der Waals surface area contributed by atoms with E-state index < -0.39 is 0 Å². The zero-order valence-corrected chi connectivity index (χ0v) is 20.3. The van der Waals surface area contributed by atoms with Gasteiger partial charge in [0.1, 0.15) is 0 Å². The lowest BCUT2D eigenvalue weighted by Gasteiger charge is -2.55. The van der Waals surface area contributed by atoms with Gasteiger partial charge in [0.25, 0.3) is 5.91 Å². The minimum absolute atomic E-state index is 0.0154. The Morgan fingerprint density at radius 2 is 1.50 bits per heavy atom. The van der Waals surface area contributed by atoms with E-state index in [9.17, 15) is 9.59 Å². The van der Waals surface area contributed by atoms with Crippen molar-refractivity contribution in [1.29, 1.82) is 0 Å². The number of benzene rings is 2. The normalized spacial score (nSPS) is 26.9. The molecule has 8 heteroatoms. The van der Waals surface area contributed by atoms with Gasteiger partial charge in [-0.25, -0.2) is 4.68 Å². The zero-order valence-electron chi connectivity index (χ0n) is 18.7. The van der Waals surface area contributed by atoms with Crippen LogP contribution in [0.4, 0.5) is 0 Å². The monoisotopic (exact) mass is 519 g/mol. The third kappa shape index (κ3) is 3.83. The van der Waals surface area contributed by atoms with Crippen molar-refractivity contribution in [3.05, 3.63) is 64.8 Å². The van der Waals surface area contributed by atoms with E-state index in [4.69, 9.17) is 0 Å². The Bertz CT molecular complexity index is 1200. The van der Waals surface area contributed by atoms with Crippen LogP contribution in [0.3, 0.4) is 0 Å². The second kappa shape index (κ2) is 8.34. The summed E-state index contributed by atoms with van der Waals surface area (Å²) in [5.74, 6) is 1.70. The van der Waals surface area contributed by atoms with Gasteiger partial charge >= 0.3 is 0 Å². The highest BCUT2D eigenvalue weighted by atomic mass is 79.9. The molecule has 4 aliphatic rings. The van der Waals surface area contributed by atoms with Crippen LogP contribution in [0.2, 0.25) is 0 Å². The molecule has 3 aromatic rings. The summed E-state index contributed by atoms with van der Waals surface area (Å²) in [7, 11) is 0. The third-order valence-electron chi connectivity index (χ3n) is 7.87. The van der Waals surface area contributed by atoms with Crippen molar-refractivity contribution in [2.75, 3.05) is 0 Å². The molecule has 4 saturated carbocycles. The van der Waals surface area contributed by atoms with Crippen molar-refractivity contribution in [2.45, 2.75) is 38.5 Å². The van der Waals surface area contributed by atoms with Gasteiger partial charge in [-0.15, -0.1) is 5.10 Å². The van der Waals surface area contributed by atoms with Gasteiger partial charge in [-0.3, -0.25) is 20.4 Å². The molecule has 7 rings (SSSR count). The smallest absolute Gasteiger partial charge is 0.269 e. The van der Waals surface area contributed by atoms with Gasteiger partial charge in [0.15, 0.2) is 0 Å². The fourth-order valence-corrected chi connectivity index (χ4v) is 6.97. The lowest BCUT2D eigenvalue weighted by Crippen LogP contribution is -2.56. The van der Waals surface area contributed by atoms with Crippen LogP contribution in [0.5, 0.6) is 0 Å². The molecule has 7 nitrogen and oxygen atoms in total. The molecule has 4 aliphatic carbocycles. The maximum absolute atomic E-state index is 13.1. The molecule has 0 radical (unpaired) electrons. The quantitative estimate of drug-likeness (QED) is 0.490. The minimum atomic E-state index is -0.323. The van der Waals surface area contributed by atoms with Crippen LogP contribution in [0.1, 0.15) is 48.9 Å². The van der Waals surface area contributed by atoms with Gasteiger partial charge in [-0.2, -0.15) is 0 Å².